The lowest BCUT2D eigenvalue weighted by atomic mass is 10.1. The molecule has 0 saturated heterocycles. The number of rotatable bonds is 4. The summed E-state index contributed by atoms with van der Waals surface area (Å²) in [4.78, 5) is 15.5. The van der Waals surface area contributed by atoms with Crippen molar-refractivity contribution in [3.05, 3.63) is 52.5 Å². The summed E-state index contributed by atoms with van der Waals surface area (Å²) in [7, 11) is 0. The lowest BCUT2D eigenvalue weighted by Crippen LogP contribution is -2.05. The van der Waals surface area contributed by atoms with Crippen LogP contribution in [0.2, 0.25) is 5.02 Å². The van der Waals surface area contributed by atoms with Gasteiger partial charge in [-0.2, -0.15) is 0 Å². The van der Waals surface area contributed by atoms with E-state index in [0.29, 0.717) is 16.7 Å². The van der Waals surface area contributed by atoms with Crippen molar-refractivity contribution in [1.29, 1.82) is 0 Å². The standard InChI is InChI=1S/C18H14ClN5OS/c1-10(25)21-13-4-2-3-11(7-13)17-23-24-18(26-17)22-15-6-5-12-8-20-9-14(12)16(15)19/h2-7,9H,8H2,1H3,(H,21,25)(H,22,24). The van der Waals surface area contributed by atoms with Gasteiger partial charge in [0.1, 0.15) is 5.01 Å². The fourth-order valence-electron chi connectivity index (χ4n) is 2.68. The number of anilines is 3. The molecule has 0 atom stereocenters. The van der Waals surface area contributed by atoms with Crippen LogP contribution in [0.25, 0.3) is 10.6 Å². The Morgan fingerprint density at radius 3 is 2.96 bits per heavy atom. The van der Waals surface area contributed by atoms with Gasteiger partial charge in [-0.1, -0.05) is 41.1 Å². The normalized spacial score (nSPS) is 12.1. The maximum Gasteiger partial charge on any atom is 0.221 e. The molecule has 26 heavy (non-hydrogen) atoms. The summed E-state index contributed by atoms with van der Waals surface area (Å²) in [6.45, 7) is 2.15. The molecule has 2 N–H and O–H groups in total. The molecule has 0 fully saturated rings. The highest BCUT2D eigenvalue weighted by Gasteiger charge is 2.15. The summed E-state index contributed by atoms with van der Waals surface area (Å²) in [6.07, 6.45) is 1.79. The number of carbonyl (C=O) groups excluding carboxylic acids is 1. The number of aliphatic imine (C=N–C) groups is 1. The second-order valence-electron chi connectivity index (χ2n) is 5.77. The molecule has 6 nitrogen and oxygen atoms in total. The third-order valence-electron chi connectivity index (χ3n) is 3.85. The fourth-order valence-corrected chi connectivity index (χ4v) is 3.71. The molecule has 0 aliphatic carbocycles. The quantitative estimate of drug-likeness (QED) is 0.695. The molecule has 1 aliphatic heterocycles. The van der Waals surface area contributed by atoms with E-state index in [-0.39, 0.29) is 5.91 Å². The Morgan fingerprint density at radius 2 is 2.12 bits per heavy atom. The van der Waals surface area contributed by atoms with Crippen LogP contribution in [-0.2, 0) is 11.3 Å². The number of nitrogens with one attached hydrogen (secondary N) is 2. The molecule has 130 valence electrons. The van der Waals surface area contributed by atoms with E-state index in [9.17, 15) is 4.79 Å². The van der Waals surface area contributed by atoms with E-state index in [1.54, 1.807) is 6.21 Å². The molecule has 0 saturated carbocycles. The van der Waals surface area contributed by atoms with Gasteiger partial charge in [-0.05, 0) is 23.8 Å². The second-order valence-corrected chi connectivity index (χ2v) is 7.12. The molecule has 3 aromatic rings. The van der Waals surface area contributed by atoms with Gasteiger partial charge in [-0.3, -0.25) is 9.79 Å². The minimum absolute atomic E-state index is 0.114. The molecule has 2 heterocycles. The zero-order valence-corrected chi connectivity index (χ0v) is 15.4. The van der Waals surface area contributed by atoms with E-state index in [0.717, 1.165) is 33.1 Å². The Balaban J connectivity index is 1.58. The molecule has 8 heteroatoms. The predicted molar refractivity (Wildman–Crippen MR) is 106 cm³/mol. The van der Waals surface area contributed by atoms with E-state index in [1.165, 1.54) is 18.3 Å². The number of halogens is 1. The first kappa shape index (κ1) is 16.7. The smallest absolute Gasteiger partial charge is 0.221 e. The van der Waals surface area contributed by atoms with Gasteiger partial charge in [-0.15, -0.1) is 10.2 Å². The third kappa shape index (κ3) is 3.31. The molecule has 0 spiro atoms. The number of amides is 1. The summed E-state index contributed by atoms with van der Waals surface area (Å²) >= 11 is 7.87. The van der Waals surface area contributed by atoms with Crippen LogP contribution >= 0.6 is 22.9 Å². The highest BCUT2D eigenvalue weighted by molar-refractivity contribution is 7.18. The van der Waals surface area contributed by atoms with E-state index in [1.807, 2.05) is 36.4 Å². The summed E-state index contributed by atoms with van der Waals surface area (Å²) < 4.78 is 0. The van der Waals surface area contributed by atoms with Crippen LogP contribution in [0, 0.1) is 0 Å². The molecule has 2 aromatic carbocycles. The Bertz CT molecular complexity index is 1030. The summed E-state index contributed by atoms with van der Waals surface area (Å²) in [5.41, 5.74) is 4.45. The van der Waals surface area contributed by atoms with Crippen LogP contribution in [0.15, 0.2) is 41.4 Å². The van der Waals surface area contributed by atoms with E-state index >= 15 is 0 Å². The van der Waals surface area contributed by atoms with Crippen LogP contribution < -0.4 is 10.6 Å². The Labute approximate surface area is 159 Å². The Hall–Kier alpha value is -2.77. The molecule has 0 radical (unpaired) electrons. The molecular formula is C18H14ClN5OS. The highest BCUT2D eigenvalue weighted by atomic mass is 35.5. The minimum atomic E-state index is -0.114. The molecular weight excluding hydrogens is 370 g/mol. The van der Waals surface area contributed by atoms with Crippen LogP contribution in [0.5, 0.6) is 0 Å². The van der Waals surface area contributed by atoms with Crippen molar-refractivity contribution in [2.45, 2.75) is 13.5 Å². The molecule has 0 bridgehead atoms. The molecule has 1 aliphatic rings. The van der Waals surface area contributed by atoms with Crippen LogP contribution in [0.3, 0.4) is 0 Å². The van der Waals surface area contributed by atoms with Gasteiger partial charge in [0.05, 0.1) is 17.3 Å². The fraction of sp³-hybridized carbons (Fsp3) is 0.111. The number of fused-ring (bicyclic) bond motifs is 1. The number of benzene rings is 2. The largest absolute Gasteiger partial charge is 0.329 e. The molecule has 4 rings (SSSR count). The van der Waals surface area contributed by atoms with Crippen molar-refractivity contribution in [2.24, 2.45) is 4.99 Å². The number of aromatic nitrogens is 2. The van der Waals surface area contributed by atoms with Crippen molar-refractivity contribution >= 4 is 51.6 Å². The number of carbonyl (C=O) groups is 1. The van der Waals surface area contributed by atoms with E-state index in [4.69, 9.17) is 11.6 Å². The SMILES string of the molecule is CC(=O)Nc1cccc(-c2nnc(Nc3ccc4c(c3Cl)C=NC4)s2)c1. The monoisotopic (exact) mass is 383 g/mol. The maximum atomic E-state index is 11.2. The van der Waals surface area contributed by atoms with Crippen molar-refractivity contribution < 1.29 is 4.79 Å². The summed E-state index contributed by atoms with van der Waals surface area (Å²) in [5, 5.41) is 16.4. The Kier molecular flexibility index (Phi) is 4.40. The van der Waals surface area contributed by atoms with E-state index < -0.39 is 0 Å². The molecule has 1 amide bonds. The maximum absolute atomic E-state index is 11.2. The highest BCUT2D eigenvalue weighted by Crippen LogP contribution is 2.35. The van der Waals surface area contributed by atoms with Crippen molar-refractivity contribution in [3.63, 3.8) is 0 Å². The van der Waals surface area contributed by atoms with Crippen molar-refractivity contribution in [2.75, 3.05) is 10.6 Å². The summed E-state index contributed by atoms with van der Waals surface area (Å²) in [6, 6.07) is 11.4. The lowest BCUT2D eigenvalue weighted by Gasteiger charge is -2.08. The van der Waals surface area contributed by atoms with Gasteiger partial charge < -0.3 is 10.6 Å². The van der Waals surface area contributed by atoms with Crippen molar-refractivity contribution in [3.8, 4) is 10.6 Å². The van der Waals surface area contributed by atoms with Gasteiger partial charge >= 0.3 is 0 Å². The van der Waals surface area contributed by atoms with E-state index in [2.05, 4.69) is 25.8 Å². The van der Waals surface area contributed by atoms with Crippen LogP contribution in [-0.4, -0.2) is 22.3 Å². The van der Waals surface area contributed by atoms with Crippen molar-refractivity contribution in [1.82, 2.24) is 10.2 Å². The first-order valence-corrected chi connectivity index (χ1v) is 9.09. The predicted octanol–water partition coefficient (Wildman–Crippen LogP) is 4.49. The number of hydrogen-bond acceptors (Lipinski definition) is 6. The minimum Gasteiger partial charge on any atom is -0.329 e. The van der Waals surface area contributed by atoms with Gasteiger partial charge in [0, 0.05) is 30.0 Å². The molecule has 1 aromatic heterocycles. The summed E-state index contributed by atoms with van der Waals surface area (Å²) in [5.74, 6) is -0.114. The zero-order chi connectivity index (χ0) is 18.1. The second kappa shape index (κ2) is 6.86. The van der Waals surface area contributed by atoms with Crippen LogP contribution in [0.4, 0.5) is 16.5 Å². The first-order chi connectivity index (χ1) is 12.6. The van der Waals surface area contributed by atoms with Gasteiger partial charge in [-0.25, -0.2) is 0 Å². The topological polar surface area (TPSA) is 79.3 Å². The Morgan fingerprint density at radius 1 is 1.23 bits per heavy atom. The lowest BCUT2D eigenvalue weighted by molar-refractivity contribution is -0.114. The zero-order valence-electron chi connectivity index (χ0n) is 13.8. The first-order valence-electron chi connectivity index (χ1n) is 7.90. The molecule has 0 unspecified atom stereocenters. The number of hydrogen-bond donors (Lipinski definition) is 2. The van der Waals surface area contributed by atoms with Gasteiger partial charge in [0.2, 0.25) is 11.0 Å². The van der Waals surface area contributed by atoms with Gasteiger partial charge in [0.25, 0.3) is 0 Å². The average molecular weight is 384 g/mol. The third-order valence-corrected chi connectivity index (χ3v) is 5.14. The number of nitrogens with zero attached hydrogens (tertiary/aromatic N) is 3. The van der Waals surface area contributed by atoms with Gasteiger partial charge in [0.15, 0.2) is 0 Å². The average Bonchev–Trinajstić information content (AvgIpc) is 3.27. The van der Waals surface area contributed by atoms with Crippen LogP contribution in [0.1, 0.15) is 18.1 Å².